The summed E-state index contributed by atoms with van der Waals surface area (Å²) in [5.74, 6) is -0.00194. The summed E-state index contributed by atoms with van der Waals surface area (Å²) < 4.78 is 0. The second-order valence-corrected chi connectivity index (χ2v) is 9.39. The molecule has 1 saturated heterocycles. The number of benzene rings is 2. The highest BCUT2D eigenvalue weighted by Gasteiger charge is 2.26. The smallest absolute Gasteiger partial charge is 0.266 e. The number of pyridine rings is 1. The SMILES string of the molecule is Nc1c(C(=O)N2CCN(Cc3ccccc3)CC2)sc2nc(-c3ccc(Cl)cc3)ccc12. The van der Waals surface area contributed by atoms with Crippen LogP contribution in [-0.4, -0.2) is 46.9 Å². The average Bonchev–Trinajstić information content (AvgIpc) is 3.16. The number of aromatic nitrogens is 1. The lowest BCUT2D eigenvalue weighted by atomic mass is 10.1. The maximum Gasteiger partial charge on any atom is 0.266 e. The van der Waals surface area contributed by atoms with Gasteiger partial charge in [-0.25, -0.2) is 4.98 Å². The summed E-state index contributed by atoms with van der Waals surface area (Å²) >= 11 is 7.37. The molecule has 1 amide bonds. The molecule has 0 bridgehead atoms. The van der Waals surface area contributed by atoms with Gasteiger partial charge in [0.2, 0.25) is 0 Å². The minimum Gasteiger partial charge on any atom is -0.397 e. The molecule has 2 aromatic carbocycles. The van der Waals surface area contributed by atoms with Gasteiger partial charge in [-0.2, -0.15) is 0 Å². The highest BCUT2D eigenvalue weighted by molar-refractivity contribution is 7.21. The van der Waals surface area contributed by atoms with Crippen LogP contribution in [-0.2, 0) is 6.54 Å². The predicted molar refractivity (Wildman–Crippen MR) is 132 cm³/mol. The summed E-state index contributed by atoms with van der Waals surface area (Å²) in [6.45, 7) is 4.01. The molecule has 2 N–H and O–H groups in total. The lowest BCUT2D eigenvalue weighted by Gasteiger charge is -2.34. The first-order valence-corrected chi connectivity index (χ1v) is 11.8. The number of rotatable bonds is 4. The van der Waals surface area contributed by atoms with E-state index in [2.05, 4.69) is 29.2 Å². The number of carbonyl (C=O) groups is 1. The average molecular weight is 463 g/mol. The molecule has 32 heavy (non-hydrogen) atoms. The van der Waals surface area contributed by atoms with Crippen LogP contribution in [0.2, 0.25) is 5.02 Å². The Morgan fingerprint density at radius 1 is 0.969 bits per heavy atom. The van der Waals surface area contributed by atoms with Gasteiger partial charge in [0.1, 0.15) is 9.71 Å². The molecular weight excluding hydrogens is 440 g/mol. The van der Waals surface area contributed by atoms with E-state index in [-0.39, 0.29) is 5.91 Å². The summed E-state index contributed by atoms with van der Waals surface area (Å²) in [6.07, 6.45) is 0. The van der Waals surface area contributed by atoms with Gasteiger partial charge in [-0.1, -0.05) is 54.1 Å². The fourth-order valence-corrected chi connectivity index (χ4v) is 5.22. The largest absolute Gasteiger partial charge is 0.397 e. The lowest BCUT2D eigenvalue weighted by molar-refractivity contribution is 0.0634. The van der Waals surface area contributed by atoms with Crippen molar-refractivity contribution >= 4 is 44.7 Å². The second kappa shape index (κ2) is 8.90. The Kier molecular flexibility index (Phi) is 5.83. The molecule has 0 spiro atoms. The van der Waals surface area contributed by atoms with E-state index in [1.54, 1.807) is 0 Å². The summed E-state index contributed by atoms with van der Waals surface area (Å²) in [7, 11) is 0. The van der Waals surface area contributed by atoms with Gasteiger partial charge in [-0.15, -0.1) is 11.3 Å². The number of carbonyl (C=O) groups excluding carboxylic acids is 1. The maximum absolute atomic E-state index is 13.2. The molecule has 0 radical (unpaired) electrons. The lowest BCUT2D eigenvalue weighted by Crippen LogP contribution is -2.48. The molecule has 0 atom stereocenters. The number of hydrogen-bond acceptors (Lipinski definition) is 5. The quantitative estimate of drug-likeness (QED) is 0.455. The zero-order valence-electron chi connectivity index (χ0n) is 17.5. The van der Waals surface area contributed by atoms with E-state index in [1.165, 1.54) is 16.9 Å². The monoisotopic (exact) mass is 462 g/mol. The zero-order chi connectivity index (χ0) is 22.1. The van der Waals surface area contributed by atoms with Crippen LogP contribution in [0.5, 0.6) is 0 Å². The van der Waals surface area contributed by atoms with Crippen LogP contribution in [0, 0.1) is 0 Å². The van der Waals surface area contributed by atoms with Crippen molar-refractivity contribution in [2.75, 3.05) is 31.9 Å². The fraction of sp³-hybridized carbons (Fsp3) is 0.200. The Morgan fingerprint density at radius 2 is 1.69 bits per heavy atom. The molecule has 1 fully saturated rings. The molecule has 0 saturated carbocycles. The third-order valence-corrected chi connectivity index (χ3v) is 7.19. The van der Waals surface area contributed by atoms with Crippen LogP contribution < -0.4 is 5.73 Å². The van der Waals surface area contributed by atoms with Gasteiger partial charge in [0.25, 0.3) is 5.91 Å². The topological polar surface area (TPSA) is 62.5 Å². The van der Waals surface area contributed by atoms with E-state index in [9.17, 15) is 4.79 Å². The third-order valence-electron chi connectivity index (χ3n) is 5.84. The van der Waals surface area contributed by atoms with Gasteiger partial charge in [-0.05, 0) is 29.8 Å². The summed E-state index contributed by atoms with van der Waals surface area (Å²) in [6, 6.07) is 21.9. The first kappa shape index (κ1) is 20.9. The number of nitrogen functional groups attached to an aromatic ring is 1. The molecule has 1 aliphatic heterocycles. The first-order chi connectivity index (χ1) is 15.6. The number of fused-ring (bicyclic) bond motifs is 1. The van der Waals surface area contributed by atoms with Gasteiger partial charge in [-0.3, -0.25) is 9.69 Å². The molecule has 1 aliphatic rings. The van der Waals surface area contributed by atoms with E-state index in [0.717, 1.165) is 41.1 Å². The molecule has 0 unspecified atom stereocenters. The van der Waals surface area contributed by atoms with Gasteiger partial charge in [0.15, 0.2) is 0 Å². The Labute approximate surface area is 196 Å². The van der Waals surface area contributed by atoms with Crippen LogP contribution in [0.4, 0.5) is 5.69 Å². The van der Waals surface area contributed by atoms with E-state index >= 15 is 0 Å². The molecule has 3 heterocycles. The molecule has 7 heteroatoms. The second-order valence-electron chi connectivity index (χ2n) is 7.95. The molecule has 2 aromatic heterocycles. The molecule has 162 valence electrons. The van der Waals surface area contributed by atoms with Crippen molar-refractivity contribution in [2.24, 2.45) is 0 Å². The van der Waals surface area contributed by atoms with Crippen molar-refractivity contribution in [2.45, 2.75) is 6.54 Å². The minimum atomic E-state index is -0.00194. The van der Waals surface area contributed by atoms with Crippen molar-refractivity contribution < 1.29 is 4.79 Å². The summed E-state index contributed by atoms with van der Waals surface area (Å²) in [5.41, 5.74) is 10.0. The van der Waals surface area contributed by atoms with Gasteiger partial charge < -0.3 is 10.6 Å². The highest BCUT2D eigenvalue weighted by Crippen LogP contribution is 2.35. The standard InChI is InChI=1S/C25H23ClN4OS/c26-19-8-6-18(7-9-19)21-11-10-20-22(27)23(32-24(20)28-21)25(31)30-14-12-29(13-15-30)16-17-4-2-1-3-5-17/h1-11H,12-16,27H2. The number of thiophene rings is 1. The van der Waals surface area contributed by atoms with Gasteiger partial charge >= 0.3 is 0 Å². The van der Waals surface area contributed by atoms with E-state index in [0.29, 0.717) is 28.7 Å². The molecule has 0 aliphatic carbocycles. The molecule has 4 aromatic rings. The van der Waals surface area contributed by atoms with Crippen LogP contribution >= 0.6 is 22.9 Å². The molecular formula is C25H23ClN4OS. The fourth-order valence-electron chi connectivity index (χ4n) is 4.03. The van der Waals surface area contributed by atoms with Gasteiger partial charge in [0.05, 0.1) is 11.4 Å². The number of nitrogens with zero attached hydrogens (tertiary/aromatic N) is 3. The number of nitrogens with two attached hydrogens (primary N) is 1. The van der Waals surface area contributed by atoms with Crippen molar-refractivity contribution in [3.63, 3.8) is 0 Å². The Hall–Kier alpha value is -2.93. The predicted octanol–water partition coefficient (Wildman–Crippen LogP) is 5.16. The van der Waals surface area contributed by atoms with Crippen molar-refractivity contribution in [3.8, 4) is 11.3 Å². The zero-order valence-corrected chi connectivity index (χ0v) is 19.1. The van der Waals surface area contributed by atoms with Crippen LogP contribution in [0.15, 0.2) is 66.7 Å². The number of amides is 1. The normalized spacial score (nSPS) is 14.7. The number of hydrogen-bond donors (Lipinski definition) is 1. The Morgan fingerprint density at radius 3 is 2.41 bits per heavy atom. The van der Waals surface area contributed by atoms with E-state index in [4.69, 9.17) is 22.3 Å². The van der Waals surface area contributed by atoms with Crippen molar-refractivity contribution in [1.29, 1.82) is 0 Å². The Balaban J connectivity index is 1.31. The number of halogens is 1. The number of anilines is 1. The van der Waals surface area contributed by atoms with Crippen molar-refractivity contribution in [3.05, 3.63) is 82.2 Å². The third kappa shape index (κ3) is 4.21. The van der Waals surface area contributed by atoms with E-state index in [1.807, 2.05) is 47.4 Å². The first-order valence-electron chi connectivity index (χ1n) is 10.6. The molecule has 5 rings (SSSR count). The van der Waals surface area contributed by atoms with Crippen LogP contribution in [0.25, 0.3) is 21.5 Å². The van der Waals surface area contributed by atoms with E-state index < -0.39 is 0 Å². The van der Waals surface area contributed by atoms with Crippen LogP contribution in [0.1, 0.15) is 15.2 Å². The molecule has 5 nitrogen and oxygen atoms in total. The maximum atomic E-state index is 13.2. The number of piperazine rings is 1. The van der Waals surface area contributed by atoms with Crippen LogP contribution in [0.3, 0.4) is 0 Å². The minimum absolute atomic E-state index is 0.00194. The highest BCUT2D eigenvalue weighted by atomic mass is 35.5. The summed E-state index contributed by atoms with van der Waals surface area (Å²) in [5, 5.41) is 1.52. The van der Waals surface area contributed by atoms with Crippen molar-refractivity contribution in [1.82, 2.24) is 14.8 Å². The Bertz CT molecular complexity index is 1250. The summed E-state index contributed by atoms with van der Waals surface area (Å²) in [4.78, 5) is 23.6. The van der Waals surface area contributed by atoms with Gasteiger partial charge in [0, 0.05) is 48.7 Å².